The maximum absolute atomic E-state index is 6.92. The van der Waals surface area contributed by atoms with E-state index in [9.17, 15) is 0 Å². The van der Waals surface area contributed by atoms with Gasteiger partial charge in [-0.2, -0.15) is 9.97 Å². The Bertz CT molecular complexity index is 1040. The van der Waals surface area contributed by atoms with E-state index in [1.54, 1.807) is 6.20 Å². The molecule has 3 N–H and O–H groups in total. The first-order valence-corrected chi connectivity index (χ1v) is 10.4. The van der Waals surface area contributed by atoms with Gasteiger partial charge in [-0.05, 0) is 31.0 Å². The minimum absolute atomic E-state index is 0.581. The Kier molecular flexibility index (Phi) is 6.37. The number of nitrogen functional groups attached to an aromatic ring is 1. The van der Waals surface area contributed by atoms with Gasteiger partial charge in [-0.3, -0.25) is 4.98 Å². The van der Waals surface area contributed by atoms with Crippen LogP contribution in [0.1, 0.15) is 16.7 Å². The highest BCUT2D eigenvalue weighted by molar-refractivity contribution is 5.77. The van der Waals surface area contributed by atoms with Crippen molar-refractivity contribution in [2.24, 2.45) is 0 Å². The normalized spacial score (nSPS) is 15.1. The monoisotopic (exact) mass is 417 g/mol. The van der Waals surface area contributed by atoms with Crippen molar-refractivity contribution in [3.63, 3.8) is 0 Å². The van der Waals surface area contributed by atoms with Crippen LogP contribution >= 0.6 is 0 Å². The second-order valence-electron chi connectivity index (χ2n) is 7.48. The van der Waals surface area contributed by atoms with Crippen LogP contribution in [0.2, 0.25) is 0 Å². The number of hydrogen-bond acceptors (Lipinski definition) is 8. The molecule has 0 amide bonds. The third-order valence-corrected chi connectivity index (χ3v) is 5.31. The number of morpholine rings is 1. The van der Waals surface area contributed by atoms with Crippen molar-refractivity contribution in [1.29, 1.82) is 5.41 Å². The first kappa shape index (κ1) is 20.7. The number of fused-ring (bicyclic) bond motifs is 1. The molecule has 0 bridgehead atoms. The molecule has 2 aliphatic rings. The molecule has 0 spiro atoms. The molecule has 4 heterocycles. The van der Waals surface area contributed by atoms with Crippen LogP contribution < -0.4 is 15.5 Å². The lowest BCUT2D eigenvalue weighted by atomic mass is 10.2. The lowest BCUT2D eigenvalue weighted by Crippen LogP contribution is -2.37. The largest absolute Gasteiger partial charge is 0.383 e. The number of benzene rings is 1. The molecule has 0 saturated carbocycles. The van der Waals surface area contributed by atoms with Crippen molar-refractivity contribution >= 4 is 29.5 Å². The topological polar surface area (TPSA) is 104 Å². The van der Waals surface area contributed by atoms with Crippen LogP contribution in [-0.2, 0) is 11.2 Å². The van der Waals surface area contributed by atoms with Crippen LogP contribution in [0.25, 0.3) is 0 Å². The number of nitrogens with two attached hydrogens (primary N) is 1. The Hall–Kier alpha value is -3.52. The molecule has 0 aliphatic carbocycles. The zero-order chi connectivity index (χ0) is 21.6. The van der Waals surface area contributed by atoms with Crippen LogP contribution in [-0.4, -0.2) is 54.0 Å². The molecule has 0 radical (unpaired) electrons. The summed E-state index contributed by atoms with van der Waals surface area (Å²) in [6.07, 6.45) is 5.84. The molecule has 2 aromatic heterocycles. The van der Waals surface area contributed by atoms with E-state index in [0.717, 1.165) is 48.7 Å². The molecule has 5 rings (SSSR count). The number of pyridine rings is 1. The maximum Gasteiger partial charge on any atom is 0.229 e. The Morgan fingerprint density at radius 1 is 1.10 bits per heavy atom. The number of nitrogens with zero attached hydrogens (tertiary/aromatic N) is 5. The van der Waals surface area contributed by atoms with Crippen LogP contribution in [0, 0.1) is 12.3 Å². The van der Waals surface area contributed by atoms with Crippen molar-refractivity contribution in [3.8, 4) is 0 Å². The van der Waals surface area contributed by atoms with E-state index in [-0.39, 0.29) is 0 Å². The zero-order valence-electron chi connectivity index (χ0n) is 17.7. The van der Waals surface area contributed by atoms with Crippen molar-refractivity contribution in [1.82, 2.24) is 15.0 Å². The molecular weight excluding hydrogens is 390 g/mol. The van der Waals surface area contributed by atoms with Crippen LogP contribution in [0.3, 0.4) is 0 Å². The van der Waals surface area contributed by atoms with E-state index in [1.165, 1.54) is 11.8 Å². The summed E-state index contributed by atoms with van der Waals surface area (Å²) < 4.78 is 5.39. The molecule has 31 heavy (non-hydrogen) atoms. The van der Waals surface area contributed by atoms with Gasteiger partial charge in [0, 0.05) is 37.6 Å². The highest BCUT2D eigenvalue weighted by Gasteiger charge is 2.27. The van der Waals surface area contributed by atoms with Gasteiger partial charge in [-0.15, -0.1) is 0 Å². The fourth-order valence-electron chi connectivity index (χ4n) is 3.70. The molecule has 160 valence electrons. The Morgan fingerprint density at radius 2 is 1.94 bits per heavy atom. The fraction of sp³-hybridized carbons (Fsp3) is 0.304. The number of rotatable bonds is 3. The van der Waals surface area contributed by atoms with Crippen molar-refractivity contribution in [3.05, 3.63) is 65.5 Å². The molecule has 8 nitrogen and oxygen atoms in total. The van der Waals surface area contributed by atoms with Gasteiger partial charge in [0.1, 0.15) is 11.6 Å². The summed E-state index contributed by atoms with van der Waals surface area (Å²) in [5.41, 5.74) is 10.4. The van der Waals surface area contributed by atoms with Crippen molar-refractivity contribution < 1.29 is 4.74 Å². The minimum Gasteiger partial charge on any atom is -0.383 e. The summed E-state index contributed by atoms with van der Waals surface area (Å²) in [4.78, 5) is 17.7. The van der Waals surface area contributed by atoms with Crippen molar-refractivity contribution in [2.45, 2.75) is 13.3 Å². The fourth-order valence-corrected chi connectivity index (χ4v) is 3.70. The Labute approximate surface area is 182 Å². The summed E-state index contributed by atoms with van der Waals surface area (Å²) in [6.45, 7) is 5.87. The Morgan fingerprint density at radius 3 is 2.61 bits per heavy atom. The van der Waals surface area contributed by atoms with Crippen LogP contribution in [0.5, 0.6) is 0 Å². The van der Waals surface area contributed by atoms with Gasteiger partial charge in [-0.1, -0.05) is 29.8 Å². The van der Waals surface area contributed by atoms with Gasteiger partial charge in [0.2, 0.25) is 5.95 Å². The van der Waals surface area contributed by atoms with Crippen LogP contribution in [0.15, 0.2) is 48.8 Å². The minimum atomic E-state index is 0.581. The second-order valence-corrected chi connectivity index (χ2v) is 7.48. The molecule has 1 aromatic carbocycles. The summed E-state index contributed by atoms with van der Waals surface area (Å²) in [5.74, 6) is 2.18. The highest BCUT2D eigenvalue weighted by Crippen LogP contribution is 2.36. The van der Waals surface area contributed by atoms with E-state index >= 15 is 0 Å². The van der Waals surface area contributed by atoms with Gasteiger partial charge in [0.15, 0.2) is 0 Å². The third-order valence-electron chi connectivity index (χ3n) is 5.31. The van der Waals surface area contributed by atoms with E-state index in [1.807, 2.05) is 49.5 Å². The van der Waals surface area contributed by atoms with E-state index in [0.29, 0.717) is 25.0 Å². The molecule has 1 saturated heterocycles. The first-order valence-electron chi connectivity index (χ1n) is 10.4. The lowest BCUT2D eigenvalue weighted by Gasteiger charge is -2.28. The molecule has 2 aliphatic heterocycles. The average molecular weight is 418 g/mol. The van der Waals surface area contributed by atoms with Gasteiger partial charge in [0.05, 0.1) is 25.1 Å². The summed E-state index contributed by atoms with van der Waals surface area (Å²) >= 11 is 0. The molecule has 3 aromatic rings. The molecule has 0 unspecified atom stereocenters. The summed E-state index contributed by atoms with van der Waals surface area (Å²) in [6, 6.07) is 11.8. The quantitative estimate of drug-likeness (QED) is 0.631. The summed E-state index contributed by atoms with van der Waals surface area (Å²) in [7, 11) is 0. The van der Waals surface area contributed by atoms with Crippen molar-refractivity contribution in [2.75, 3.05) is 48.4 Å². The second kappa shape index (κ2) is 9.53. The van der Waals surface area contributed by atoms with E-state index < -0.39 is 0 Å². The number of aryl methyl sites for hydroxylation is 1. The Balaban J connectivity index is 0.000000217. The standard InChI is InChI=1S/C15H18N6O.C8H9N/c16-13-12-3-5-21(11-2-1-4-17-10-11)14(12)19-15(18-13)20-6-8-22-9-7-20;1-7-3-2-4-8(5-7)6-9/h1-2,4,10H,3,5-9H2,(H2,16,18,19);2-6,9H,1H3. The first-order chi connectivity index (χ1) is 15.2. The van der Waals surface area contributed by atoms with E-state index in [4.69, 9.17) is 20.9 Å². The van der Waals surface area contributed by atoms with E-state index in [2.05, 4.69) is 19.8 Å². The predicted molar refractivity (Wildman–Crippen MR) is 123 cm³/mol. The SMILES string of the molecule is Cc1cccc(C=N)c1.Nc1nc(N2CCOCC2)nc2c1CCN2c1cccnc1. The number of aromatic nitrogens is 3. The smallest absolute Gasteiger partial charge is 0.229 e. The summed E-state index contributed by atoms with van der Waals surface area (Å²) in [5, 5.41) is 6.92. The average Bonchev–Trinajstić information content (AvgIpc) is 3.25. The molecule has 1 fully saturated rings. The maximum atomic E-state index is 6.92. The van der Waals surface area contributed by atoms with Crippen LogP contribution in [0.4, 0.5) is 23.3 Å². The highest BCUT2D eigenvalue weighted by atomic mass is 16.5. The lowest BCUT2D eigenvalue weighted by molar-refractivity contribution is 0.122. The molecule has 8 heteroatoms. The number of nitrogens with one attached hydrogen (secondary N) is 1. The number of anilines is 4. The number of hydrogen-bond donors (Lipinski definition) is 2. The van der Waals surface area contributed by atoms with Gasteiger partial charge in [0.25, 0.3) is 0 Å². The molecule has 0 atom stereocenters. The zero-order valence-corrected chi connectivity index (χ0v) is 17.7. The van der Waals surface area contributed by atoms with Gasteiger partial charge in [-0.25, -0.2) is 0 Å². The predicted octanol–water partition coefficient (Wildman–Crippen LogP) is 2.98. The number of ether oxygens (including phenoxy) is 1. The third kappa shape index (κ3) is 4.80. The van der Waals surface area contributed by atoms with Gasteiger partial charge < -0.3 is 25.7 Å². The molecular formula is C23H27N7O. The van der Waals surface area contributed by atoms with Gasteiger partial charge >= 0.3 is 0 Å².